The molecule has 0 aliphatic carbocycles. The molecule has 1 heterocycles. The van der Waals surface area contributed by atoms with Gasteiger partial charge < -0.3 is 10.3 Å². The van der Waals surface area contributed by atoms with Crippen molar-refractivity contribution < 1.29 is 4.79 Å². The SMILES string of the molecule is Cc1ccc2c(Sc3ccc(Cl)cc3)c(C(=O)NCc3ccccc3)[nH]c2c1. The van der Waals surface area contributed by atoms with Crippen molar-refractivity contribution in [3.8, 4) is 0 Å². The van der Waals surface area contributed by atoms with Gasteiger partial charge in [0, 0.05) is 27.4 Å². The third-order valence-corrected chi connectivity index (χ3v) is 5.85. The molecule has 5 heteroatoms. The topological polar surface area (TPSA) is 44.9 Å². The number of benzene rings is 3. The van der Waals surface area contributed by atoms with Gasteiger partial charge in [-0.3, -0.25) is 4.79 Å². The Kier molecular flexibility index (Phi) is 5.42. The maximum atomic E-state index is 13.0. The van der Waals surface area contributed by atoms with Crippen molar-refractivity contribution in [2.45, 2.75) is 23.3 Å². The molecule has 0 radical (unpaired) electrons. The van der Waals surface area contributed by atoms with Crippen molar-refractivity contribution in [3.05, 3.63) is 94.6 Å². The number of hydrogen-bond acceptors (Lipinski definition) is 2. The highest BCUT2D eigenvalue weighted by Gasteiger charge is 2.19. The summed E-state index contributed by atoms with van der Waals surface area (Å²) < 4.78 is 0. The molecular formula is C23H19ClN2OS. The predicted octanol–water partition coefficient (Wildman–Crippen LogP) is 6.21. The summed E-state index contributed by atoms with van der Waals surface area (Å²) in [7, 11) is 0. The summed E-state index contributed by atoms with van der Waals surface area (Å²) >= 11 is 7.57. The lowest BCUT2D eigenvalue weighted by atomic mass is 10.2. The molecule has 0 saturated carbocycles. The van der Waals surface area contributed by atoms with E-state index in [1.165, 1.54) is 0 Å². The van der Waals surface area contributed by atoms with Gasteiger partial charge in [-0.15, -0.1) is 0 Å². The van der Waals surface area contributed by atoms with E-state index >= 15 is 0 Å². The van der Waals surface area contributed by atoms with Crippen molar-refractivity contribution >= 4 is 40.2 Å². The van der Waals surface area contributed by atoms with E-state index in [2.05, 4.69) is 28.5 Å². The molecule has 0 aliphatic rings. The molecule has 28 heavy (non-hydrogen) atoms. The van der Waals surface area contributed by atoms with Gasteiger partial charge in [-0.25, -0.2) is 0 Å². The zero-order valence-corrected chi connectivity index (χ0v) is 16.9. The molecule has 1 amide bonds. The van der Waals surface area contributed by atoms with E-state index in [1.54, 1.807) is 11.8 Å². The summed E-state index contributed by atoms with van der Waals surface area (Å²) in [6.07, 6.45) is 0. The molecule has 4 rings (SSSR count). The van der Waals surface area contributed by atoms with Crippen molar-refractivity contribution in [3.63, 3.8) is 0 Å². The quantitative estimate of drug-likeness (QED) is 0.413. The van der Waals surface area contributed by atoms with Crippen LogP contribution in [0.2, 0.25) is 5.02 Å². The van der Waals surface area contributed by atoms with Crippen LogP contribution in [0.4, 0.5) is 0 Å². The maximum Gasteiger partial charge on any atom is 0.269 e. The molecule has 0 aliphatic heterocycles. The van der Waals surface area contributed by atoms with Crippen LogP contribution in [-0.4, -0.2) is 10.9 Å². The zero-order chi connectivity index (χ0) is 19.5. The second-order valence-electron chi connectivity index (χ2n) is 6.60. The molecule has 1 aromatic heterocycles. The fraction of sp³-hybridized carbons (Fsp3) is 0.0870. The van der Waals surface area contributed by atoms with Crippen molar-refractivity contribution in [1.29, 1.82) is 0 Å². The second-order valence-corrected chi connectivity index (χ2v) is 8.12. The van der Waals surface area contributed by atoms with Crippen molar-refractivity contribution in [2.24, 2.45) is 0 Å². The second kappa shape index (κ2) is 8.13. The third-order valence-electron chi connectivity index (χ3n) is 4.46. The molecular weight excluding hydrogens is 388 g/mol. The van der Waals surface area contributed by atoms with E-state index in [1.807, 2.05) is 61.5 Å². The summed E-state index contributed by atoms with van der Waals surface area (Å²) in [5.41, 5.74) is 3.75. The standard InChI is InChI=1S/C23H19ClN2OS/c1-15-7-12-19-20(13-15)26-21(22(19)28-18-10-8-17(24)9-11-18)23(27)25-14-16-5-3-2-4-6-16/h2-13,26H,14H2,1H3,(H,25,27). The highest BCUT2D eigenvalue weighted by Crippen LogP contribution is 2.37. The Hall–Kier alpha value is -2.69. The molecule has 0 unspecified atom stereocenters. The van der Waals surface area contributed by atoms with Crippen molar-refractivity contribution in [2.75, 3.05) is 0 Å². The Balaban J connectivity index is 1.67. The summed E-state index contributed by atoms with van der Waals surface area (Å²) in [4.78, 5) is 18.2. The summed E-state index contributed by atoms with van der Waals surface area (Å²) in [5, 5.41) is 4.75. The summed E-state index contributed by atoms with van der Waals surface area (Å²) in [5.74, 6) is -0.117. The minimum atomic E-state index is -0.117. The number of H-pyrrole nitrogens is 1. The number of halogens is 1. The van der Waals surface area contributed by atoms with E-state index in [4.69, 9.17) is 11.6 Å². The van der Waals surface area contributed by atoms with E-state index in [-0.39, 0.29) is 5.91 Å². The number of fused-ring (bicyclic) bond motifs is 1. The minimum absolute atomic E-state index is 0.117. The van der Waals surface area contributed by atoms with E-state index < -0.39 is 0 Å². The number of rotatable bonds is 5. The lowest BCUT2D eigenvalue weighted by molar-refractivity contribution is 0.0944. The number of nitrogens with one attached hydrogen (secondary N) is 2. The van der Waals surface area contributed by atoms with Gasteiger partial charge in [-0.05, 0) is 48.4 Å². The number of aryl methyl sites for hydroxylation is 1. The number of carbonyl (C=O) groups excluding carboxylic acids is 1. The number of carbonyl (C=O) groups is 1. The van der Waals surface area contributed by atoms with Crippen LogP contribution in [0.1, 0.15) is 21.6 Å². The molecule has 2 N–H and O–H groups in total. The first-order valence-corrected chi connectivity index (χ1v) is 10.2. The van der Waals surface area contributed by atoms with Crippen LogP contribution in [0.15, 0.2) is 82.6 Å². The van der Waals surface area contributed by atoms with Gasteiger partial charge in [0.15, 0.2) is 0 Å². The Morgan fingerprint density at radius 1 is 1.04 bits per heavy atom. The fourth-order valence-corrected chi connectivity index (χ4v) is 4.21. The van der Waals surface area contributed by atoms with Gasteiger partial charge in [0.2, 0.25) is 0 Å². The number of amides is 1. The van der Waals surface area contributed by atoms with Gasteiger partial charge in [-0.1, -0.05) is 65.8 Å². The van der Waals surface area contributed by atoms with E-state index in [9.17, 15) is 4.79 Å². The van der Waals surface area contributed by atoms with E-state index in [0.29, 0.717) is 17.3 Å². The predicted molar refractivity (Wildman–Crippen MR) is 116 cm³/mol. The Morgan fingerprint density at radius 2 is 1.79 bits per heavy atom. The molecule has 140 valence electrons. The molecule has 0 fully saturated rings. The number of aromatic nitrogens is 1. The normalized spacial score (nSPS) is 10.9. The molecule has 0 bridgehead atoms. The molecule has 4 aromatic rings. The Labute approximate surface area is 173 Å². The largest absolute Gasteiger partial charge is 0.350 e. The van der Waals surface area contributed by atoms with Gasteiger partial charge in [0.25, 0.3) is 5.91 Å². The van der Waals surface area contributed by atoms with Crippen LogP contribution in [0.3, 0.4) is 0 Å². The molecule has 3 nitrogen and oxygen atoms in total. The van der Waals surface area contributed by atoms with Gasteiger partial charge in [-0.2, -0.15) is 0 Å². The Morgan fingerprint density at radius 3 is 2.54 bits per heavy atom. The first-order valence-electron chi connectivity index (χ1n) is 8.98. The lowest BCUT2D eigenvalue weighted by Crippen LogP contribution is -2.23. The number of hydrogen-bond donors (Lipinski definition) is 2. The first-order chi connectivity index (χ1) is 13.6. The van der Waals surface area contributed by atoms with Crippen LogP contribution >= 0.6 is 23.4 Å². The average Bonchev–Trinajstić information content (AvgIpc) is 3.06. The minimum Gasteiger partial charge on any atom is -0.350 e. The van der Waals surface area contributed by atoms with Crippen LogP contribution in [0.5, 0.6) is 0 Å². The summed E-state index contributed by atoms with van der Waals surface area (Å²) in [6, 6.07) is 23.7. The lowest BCUT2D eigenvalue weighted by Gasteiger charge is -2.07. The summed E-state index contributed by atoms with van der Waals surface area (Å²) in [6.45, 7) is 2.53. The van der Waals surface area contributed by atoms with Crippen LogP contribution in [-0.2, 0) is 6.54 Å². The van der Waals surface area contributed by atoms with Crippen molar-refractivity contribution in [1.82, 2.24) is 10.3 Å². The molecule has 0 spiro atoms. The number of aromatic amines is 1. The highest BCUT2D eigenvalue weighted by molar-refractivity contribution is 7.99. The zero-order valence-electron chi connectivity index (χ0n) is 15.3. The molecule has 3 aromatic carbocycles. The monoisotopic (exact) mass is 406 g/mol. The van der Waals surface area contributed by atoms with Gasteiger partial charge in [0.1, 0.15) is 5.69 Å². The highest BCUT2D eigenvalue weighted by atomic mass is 35.5. The van der Waals surface area contributed by atoms with Gasteiger partial charge >= 0.3 is 0 Å². The third kappa shape index (κ3) is 4.08. The fourth-order valence-electron chi connectivity index (χ4n) is 3.04. The Bertz CT molecular complexity index is 1120. The molecule has 0 atom stereocenters. The smallest absolute Gasteiger partial charge is 0.269 e. The first kappa shape index (κ1) is 18.7. The molecule has 0 saturated heterocycles. The van der Waals surface area contributed by atoms with Crippen LogP contribution in [0, 0.1) is 6.92 Å². The van der Waals surface area contributed by atoms with Crippen LogP contribution in [0.25, 0.3) is 10.9 Å². The van der Waals surface area contributed by atoms with E-state index in [0.717, 1.165) is 31.8 Å². The maximum absolute atomic E-state index is 13.0. The van der Waals surface area contributed by atoms with Crippen LogP contribution < -0.4 is 5.32 Å². The van der Waals surface area contributed by atoms with Gasteiger partial charge in [0.05, 0.1) is 4.90 Å². The average molecular weight is 407 g/mol.